The van der Waals surface area contributed by atoms with E-state index in [0.29, 0.717) is 6.33 Å². The van der Waals surface area contributed by atoms with E-state index in [-0.39, 0.29) is 16.2 Å². The molecule has 0 saturated carbocycles. The zero-order valence-electron chi connectivity index (χ0n) is 11.0. The Kier molecular flexibility index (Phi) is 3.17. The summed E-state index contributed by atoms with van der Waals surface area (Å²) in [5, 5.41) is 0.113. The number of amides is 2. The standard InChI is InChI=1S/C13H6F3N3O4/c14-13(15,16)9-8(17-5-18-9)12(22)23-19-10(20)6-3-1-2-4-7(6)11(19)21/h1-5H,(H,17,18). The summed E-state index contributed by atoms with van der Waals surface area (Å²) in [5.74, 6) is -3.46. The minimum Gasteiger partial charge on any atom is -0.340 e. The highest BCUT2D eigenvalue weighted by Gasteiger charge is 2.42. The Morgan fingerprint density at radius 3 is 2.22 bits per heavy atom. The van der Waals surface area contributed by atoms with Gasteiger partial charge >= 0.3 is 12.1 Å². The molecule has 0 aliphatic carbocycles. The number of nitrogens with zero attached hydrogens (tertiary/aromatic N) is 2. The average molecular weight is 325 g/mol. The largest absolute Gasteiger partial charge is 0.433 e. The van der Waals surface area contributed by atoms with E-state index in [1.54, 1.807) is 4.98 Å². The third kappa shape index (κ3) is 2.33. The molecule has 1 aromatic heterocycles. The van der Waals surface area contributed by atoms with Gasteiger partial charge in [-0.3, -0.25) is 9.59 Å². The first-order valence-corrected chi connectivity index (χ1v) is 6.11. The van der Waals surface area contributed by atoms with Crippen molar-refractivity contribution in [3.05, 3.63) is 53.1 Å². The number of carbonyl (C=O) groups is 3. The van der Waals surface area contributed by atoms with Gasteiger partial charge in [-0.15, -0.1) is 0 Å². The fourth-order valence-corrected chi connectivity index (χ4v) is 2.04. The lowest BCUT2D eigenvalue weighted by Crippen LogP contribution is -2.33. The summed E-state index contributed by atoms with van der Waals surface area (Å²) in [7, 11) is 0. The van der Waals surface area contributed by atoms with Crippen LogP contribution in [0.25, 0.3) is 0 Å². The van der Waals surface area contributed by atoms with E-state index in [9.17, 15) is 27.6 Å². The van der Waals surface area contributed by atoms with Crippen LogP contribution in [0.4, 0.5) is 13.2 Å². The molecule has 0 bridgehead atoms. The average Bonchev–Trinajstić information content (AvgIpc) is 3.08. The molecule has 0 spiro atoms. The Morgan fingerprint density at radius 1 is 1.13 bits per heavy atom. The number of H-pyrrole nitrogens is 1. The SMILES string of the molecule is O=C(ON1C(=O)c2ccccc2C1=O)c1nc[nH]c1C(F)(F)F. The van der Waals surface area contributed by atoms with Crippen LogP contribution >= 0.6 is 0 Å². The predicted molar refractivity (Wildman–Crippen MR) is 65.9 cm³/mol. The molecule has 1 aliphatic heterocycles. The van der Waals surface area contributed by atoms with Gasteiger partial charge in [0.1, 0.15) is 0 Å². The molecule has 23 heavy (non-hydrogen) atoms. The third-order valence-corrected chi connectivity index (χ3v) is 3.05. The fourth-order valence-electron chi connectivity index (χ4n) is 2.04. The molecule has 3 rings (SSSR count). The molecule has 118 valence electrons. The third-order valence-electron chi connectivity index (χ3n) is 3.05. The lowest BCUT2D eigenvalue weighted by molar-refractivity contribution is -0.141. The second kappa shape index (κ2) is 4.93. The molecule has 2 heterocycles. The van der Waals surface area contributed by atoms with Gasteiger partial charge in [0.05, 0.1) is 17.5 Å². The predicted octanol–water partition coefficient (Wildman–Crippen LogP) is 1.80. The van der Waals surface area contributed by atoms with Crippen molar-refractivity contribution in [2.24, 2.45) is 0 Å². The van der Waals surface area contributed by atoms with E-state index in [1.807, 2.05) is 0 Å². The van der Waals surface area contributed by atoms with Gasteiger partial charge in [-0.2, -0.15) is 13.2 Å². The quantitative estimate of drug-likeness (QED) is 0.850. The smallest absolute Gasteiger partial charge is 0.340 e. The van der Waals surface area contributed by atoms with Crippen molar-refractivity contribution in [1.82, 2.24) is 15.0 Å². The molecule has 10 heteroatoms. The Morgan fingerprint density at radius 2 is 1.70 bits per heavy atom. The maximum atomic E-state index is 12.7. The van der Waals surface area contributed by atoms with E-state index in [4.69, 9.17) is 0 Å². The summed E-state index contributed by atoms with van der Waals surface area (Å²) in [6.07, 6.45) is -4.21. The second-order valence-electron chi connectivity index (χ2n) is 4.45. The van der Waals surface area contributed by atoms with Gasteiger partial charge < -0.3 is 9.82 Å². The molecule has 1 aromatic carbocycles. The monoisotopic (exact) mass is 325 g/mol. The van der Waals surface area contributed by atoms with Crippen molar-refractivity contribution in [1.29, 1.82) is 0 Å². The van der Waals surface area contributed by atoms with Gasteiger partial charge in [0, 0.05) is 0 Å². The van der Waals surface area contributed by atoms with Crippen LogP contribution in [0.3, 0.4) is 0 Å². The highest BCUT2D eigenvalue weighted by atomic mass is 19.4. The van der Waals surface area contributed by atoms with Gasteiger partial charge in [-0.05, 0) is 12.1 Å². The van der Waals surface area contributed by atoms with Gasteiger partial charge in [0.15, 0.2) is 11.4 Å². The lowest BCUT2D eigenvalue weighted by atomic mass is 10.1. The normalized spacial score (nSPS) is 14.1. The van der Waals surface area contributed by atoms with Crippen molar-refractivity contribution in [3.8, 4) is 0 Å². The molecule has 0 atom stereocenters. The van der Waals surface area contributed by atoms with Crippen LogP contribution in [0.5, 0.6) is 0 Å². The number of nitrogens with one attached hydrogen (secondary N) is 1. The molecular formula is C13H6F3N3O4. The molecule has 7 nitrogen and oxygen atoms in total. The summed E-state index contributed by atoms with van der Waals surface area (Å²) >= 11 is 0. The number of imide groups is 1. The van der Waals surface area contributed by atoms with Crippen LogP contribution in [0.1, 0.15) is 36.9 Å². The number of alkyl halides is 3. The summed E-state index contributed by atoms with van der Waals surface area (Å²) in [6, 6.07) is 5.65. The minimum atomic E-state index is -4.87. The van der Waals surface area contributed by atoms with Gasteiger partial charge in [0.25, 0.3) is 11.8 Å². The molecule has 1 aliphatic rings. The number of hydrogen-bond acceptors (Lipinski definition) is 5. The van der Waals surface area contributed by atoms with Crippen LogP contribution in [0.15, 0.2) is 30.6 Å². The number of fused-ring (bicyclic) bond motifs is 1. The number of aromatic nitrogens is 2. The summed E-state index contributed by atoms with van der Waals surface area (Å²) in [5.41, 5.74) is -2.53. The fraction of sp³-hybridized carbons (Fsp3) is 0.0769. The van der Waals surface area contributed by atoms with E-state index < -0.39 is 35.3 Å². The van der Waals surface area contributed by atoms with Crippen LogP contribution in [0.2, 0.25) is 0 Å². The van der Waals surface area contributed by atoms with Gasteiger partial charge in [-0.1, -0.05) is 17.2 Å². The van der Waals surface area contributed by atoms with Crippen molar-refractivity contribution in [3.63, 3.8) is 0 Å². The van der Waals surface area contributed by atoms with Crippen LogP contribution < -0.4 is 0 Å². The van der Waals surface area contributed by atoms with Gasteiger partial charge in [-0.25, -0.2) is 9.78 Å². The molecule has 1 N–H and O–H groups in total. The Labute approximate surface area is 125 Å². The molecule has 2 amide bonds. The summed E-state index contributed by atoms with van der Waals surface area (Å²) < 4.78 is 38.1. The van der Waals surface area contributed by atoms with E-state index in [2.05, 4.69) is 9.82 Å². The minimum absolute atomic E-state index is 0.0108. The van der Waals surface area contributed by atoms with Crippen molar-refractivity contribution < 1.29 is 32.4 Å². The van der Waals surface area contributed by atoms with E-state index in [1.165, 1.54) is 24.3 Å². The lowest BCUT2D eigenvalue weighted by Gasteiger charge is -2.12. The van der Waals surface area contributed by atoms with Crippen LogP contribution in [-0.4, -0.2) is 32.8 Å². The van der Waals surface area contributed by atoms with Crippen LogP contribution in [-0.2, 0) is 11.0 Å². The topological polar surface area (TPSA) is 92.4 Å². The first-order valence-electron chi connectivity index (χ1n) is 6.11. The Balaban J connectivity index is 1.87. The molecular weight excluding hydrogens is 319 g/mol. The highest BCUT2D eigenvalue weighted by molar-refractivity contribution is 6.21. The maximum absolute atomic E-state index is 12.7. The van der Waals surface area contributed by atoms with E-state index in [0.717, 1.165) is 0 Å². The first-order chi connectivity index (χ1) is 10.8. The van der Waals surface area contributed by atoms with Crippen molar-refractivity contribution in [2.45, 2.75) is 6.18 Å². The molecule has 0 saturated heterocycles. The number of hydrogen-bond donors (Lipinski definition) is 1. The molecule has 0 fully saturated rings. The number of rotatable bonds is 2. The maximum Gasteiger partial charge on any atom is 0.433 e. The highest BCUT2D eigenvalue weighted by Crippen LogP contribution is 2.30. The van der Waals surface area contributed by atoms with Gasteiger partial charge in [0.2, 0.25) is 0 Å². The second-order valence-corrected chi connectivity index (χ2v) is 4.45. The van der Waals surface area contributed by atoms with E-state index >= 15 is 0 Å². The summed E-state index contributed by atoms with van der Waals surface area (Å²) in [6.45, 7) is 0. The molecule has 0 unspecified atom stereocenters. The number of imidazole rings is 1. The summed E-state index contributed by atoms with van der Waals surface area (Å²) in [4.78, 5) is 45.3. The number of aromatic amines is 1. The zero-order valence-corrected chi connectivity index (χ0v) is 11.0. The van der Waals surface area contributed by atoms with Crippen molar-refractivity contribution in [2.75, 3.05) is 0 Å². The zero-order chi connectivity index (χ0) is 16.8. The Hall–Kier alpha value is -3.17. The Bertz CT molecular complexity index is 793. The molecule has 2 aromatic rings. The van der Waals surface area contributed by atoms with Crippen LogP contribution in [0, 0.1) is 0 Å². The number of carbonyl (C=O) groups excluding carboxylic acids is 3. The number of hydroxylamine groups is 2. The number of benzene rings is 1. The number of halogens is 3. The first kappa shape index (κ1) is 14.8. The molecule has 0 radical (unpaired) electrons. The van der Waals surface area contributed by atoms with Crippen molar-refractivity contribution >= 4 is 17.8 Å².